The van der Waals surface area contributed by atoms with E-state index in [-0.39, 0.29) is 5.41 Å². The fraction of sp³-hybridized carbons (Fsp3) is 0.700. The Hall–Kier alpha value is -1.46. The number of hydrogen-bond acceptors (Lipinski definition) is 4. The number of pyridine rings is 1. The second-order valence-electron chi connectivity index (χ2n) is 8.10. The molecule has 3 aliphatic heterocycles. The molecule has 3 aliphatic rings. The summed E-state index contributed by atoms with van der Waals surface area (Å²) in [4.78, 5) is 22.3. The highest BCUT2D eigenvalue weighted by atomic mass is 16.5. The van der Waals surface area contributed by atoms with Gasteiger partial charge >= 0.3 is 0 Å². The van der Waals surface area contributed by atoms with E-state index in [1.165, 1.54) is 6.42 Å². The Labute approximate surface area is 150 Å². The van der Waals surface area contributed by atoms with Crippen molar-refractivity contribution in [2.45, 2.75) is 39.2 Å². The molecule has 3 fully saturated rings. The molecule has 4 rings (SSSR count). The summed E-state index contributed by atoms with van der Waals surface area (Å²) in [6.45, 7) is 8.47. The van der Waals surface area contributed by atoms with Gasteiger partial charge in [0.2, 0.25) is 5.91 Å². The van der Waals surface area contributed by atoms with Gasteiger partial charge in [-0.05, 0) is 57.2 Å². The zero-order chi connectivity index (χ0) is 17.3. The zero-order valence-corrected chi connectivity index (χ0v) is 15.2. The van der Waals surface area contributed by atoms with Gasteiger partial charge in [-0.15, -0.1) is 0 Å². The number of carbonyl (C=O) groups is 1. The van der Waals surface area contributed by atoms with Crippen LogP contribution in [0.2, 0.25) is 0 Å². The molecule has 1 aromatic rings. The molecule has 1 spiro atoms. The molecule has 0 aliphatic carbocycles. The third-order valence-electron chi connectivity index (χ3n) is 6.10. The lowest BCUT2D eigenvalue weighted by Gasteiger charge is -2.40. The predicted octanol–water partition coefficient (Wildman–Crippen LogP) is 2.24. The third kappa shape index (κ3) is 3.58. The number of aromatic nitrogens is 1. The van der Waals surface area contributed by atoms with Crippen molar-refractivity contribution in [2.24, 2.45) is 11.3 Å². The van der Waals surface area contributed by atoms with Gasteiger partial charge in [-0.1, -0.05) is 6.07 Å². The molecule has 5 nitrogen and oxygen atoms in total. The minimum atomic E-state index is -0.151. The summed E-state index contributed by atoms with van der Waals surface area (Å²) in [7, 11) is 0. The van der Waals surface area contributed by atoms with Crippen molar-refractivity contribution in [1.82, 2.24) is 14.8 Å². The smallest absolute Gasteiger partial charge is 0.230 e. The largest absolute Gasteiger partial charge is 0.381 e. The van der Waals surface area contributed by atoms with E-state index < -0.39 is 0 Å². The Morgan fingerprint density at radius 1 is 1.32 bits per heavy atom. The number of likely N-dealkylation sites (tertiary alicyclic amines) is 2. The first-order valence-corrected chi connectivity index (χ1v) is 9.67. The number of ether oxygens (including phenoxy) is 1. The van der Waals surface area contributed by atoms with Crippen LogP contribution in [0.15, 0.2) is 18.2 Å². The topological polar surface area (TPSA) is 45.7 Å². The average molecular weight is 343 g/mol. The van der Waals surface area contributed by atoms with Crippen molar-refractivity contribution >= 4 is 5.91 Å². The highest BCUT2D eigenvalue weighted by molar-refractivity contribution is 5.85. The number of hydrogen-bond donors (Lipinski definition) is 0. The van der Waals surface area contributed by atoms with Gasteiger partial charge in [0, 0.05) is 31.9 Å². The lowest BCUT2D eigenvalue weighted by Crippen LogP contribution is -2.49. The van der Waals surface area contributed by atoms with E-state index in [9.17, 15) is 4.79 Å². The molecule has 1 amide bonds. The van der Waals surface area contributed by atoms with E-state index in [1.54, 1.807) is 0 Å². The Kier molecular flexibility index (Phi) is 4.78. The van der Waals surface area contributed by atoms with Crippen molar-refractivity contribution in [3.8, 4) is 0 Å². The standard InChI is InChI=1S/C20H29N3O2/c1-16-4-2-5-18(21-16)13-23-10-8-20(19(23)24)7-3-9-22(15-20)12-17-6-11-25-14-17/h2,4-5,17H,3,6-15H2,1H3/t17-,20+/m0/s1. The predicted molar refractivity (Wildman–Crippen MR) is 96.0 cm³/mol. The van der Waals surface area contributed by atoms with Crippen LogP contribution in [-0.4, -0.2) is 60.1 Å². The average Bonchev–Trinajstić information content (AvgIpc) is 3.20. The highest BCUT2D eigenvalue weighted by Gasteiger charge is 2.48. The van der Waals surface area contributed by atoms with Crippen LogP contribution < -0.4 is 0 Å². The summed E-state index contributed by atoms with van der Waals surface area (Å²) in [5.74, 6) is 1.00. The summed E-state index contributed by atoms with van der Waals surface area (Å²) in [5.41, 5.74) is 1.87. The molecular weight excluding hydrogens is 314 g/mol. The molecule has 0 aromatic carbocycles. The maximum Gasteiger partial charge on any atom is 0.230 e. The van der Waals surface area contributed by atoms with E-state index in [0.717, 1.165) is 70.0 Å². The Morgan fingerprint density at radius 3 is 3.04 bits per heavy atom. The van der Waals surface area contributed by atoms with Gasteiger partial charge in [0.1, 0.15) is 0 Å². The van der Waals surface area contributed by atoms with Crippen LogP contribution in [0.3, 0.4) is 0 Å². The molecule has 25 heavy (non-hydrogen) atoms. The number of amides is 1. The van der Waals surface area contributed by atoms with Gasteiger partial charge in [-0.25, -0.2) is 0 Å². The minimum absolute atomic E-state index is 0.151. The molecule has 0 radical (unpaired) electrons. The Balaban J connectivity index is 1.40. The van der Waals surface area contributed by atoms with Crippen LogP contribution in [0.25, 0.3) is 0 Å². The van der Waals surface area contributed by atoms with Gasteiger partial charge in [-0.3, -0.25) is 9.78 Å². The van der Waals surface area contributed by atoms with E-state index in [1.807, 2.05) is 30.0 Å². The molecule has 0 unspecified atom stereocenters. The first-order chi connectivity index (χ1) is 12.1. The Bertz CT molecular complexity index is 629. The maximum atomic E-state index is 13.2. The summed E-state index contributed by atoms with van der Waals surface area (Å²) < 4.78 is 5.52. The number of piperidine rings is 1. The van der Waals surface area contributed by atoms with Crippen molar-refractivity contribution < 1.29 is 9.53 Å². The van der Waals surface area contributed by atoms with Gasteiger partial charge in [0.15, 0.2) is 0 Å². The van der Waals surface area contributed by atoms with Crippen molar-refractivity contribution in [3.05, 3.63) is 29.6 Å². The van der Waals surface area contributed by atoms with Crippen LogP contribution in [0.5, 0.6) is 0 Å². The lowest BCUT2D eigenvalue weighted by molar-refractivity contribution is -0.139. The second-order valence-corrected chi connectivity index (χ2v) is 8.10. The van der Waals surface area contributed by atoms with Crippen LogP contribution in [0.4, 0.5) is 0 Å². The lowest BCUT2D eigenvalue weighted by atomic mass is 9.78. The van der Waals surface area contributed by atoms with Crippen molar-refractivity contribution in [3.63, 3.8) is 0 Å². The van der Waals surface area contributed by atoms with Crippen molar-refractivity contribution in [2.75, 3.05) is 39.4 Å². The molecule has 136 valence electrons. The van der Waals surface area contributed by atoms with Gasteiger partial charge in [-0.2, -0.15) is 0 Å². The number of aryl methyl sites for hydroxylation is 1. The van der Waals surface area contributed by atoms with Gasteiger partial charge in [0.05, 0.1) is 24.3 Å². The SMILES string of the molecule is Cc1cccc(CN2CC[C@@]3(CCCN(C[C@@H]4CCOC4)C3)C2=O)n1. The van der Waals surface area contributed by atoms with Crippen LogP contribution in [-0.2, 0) is 16.1 Å². The maximum absolute atomic E-state index is 13.2. The Morgan fingerprint density at radius 2 is 2.24 bits per heavy atom. The molecule has 5 heteroatoms. The van der Waals surface area contributed by atoms with E-state index in [4.69, 9.17) is 4.74 Å². The molecule has 0 bridgehead atoms. The number of nitrogens with zero attached hydrogens (tertiary/aromatic N) is 3. The normalized spacial score (nSPS) is 30.5. The first kappa shape index (κ1) is 17.0. The molecule has 1 aromatic heterocycles. The monoisotopic (exact) mass is 343 g/mol. The zero-order valence-electron chi connectivity index (χ0n) is 15.2. The van der Waals surface area contributed by atoms with Crippen LogP contribution in [0, 0.1) is 18.3 Å². The van der Waals surface area contributed by atoms with Gasteiger partial charge in [0.25, 0.3) is 0 Å². The highest BCUT2D eigenvalue weighted by Crippen LogP contribution is 2.41. The van der Waals surface area contributed by atoms with Crippen LogP contribution in [0.1, 0.15) is 37.1 Å². The minimum Gasteiger partial charge on any atom is -0.381 e. The molecule has 3 saturated heterocycles. The molecule has 4 heterocycles. The molecule has 0 saturated carbocycles. The summed E-state index contributed by atoms with van der Waals surface area (Å²) in [5, 5.41) is 0. The van der Waals surface area contributed by atoms with Crippen molar-refractivity contribution in [1.29, 1.82) is 0 Å². The summed E-state index contributed by atoms with van der Waals surface area (Å²) >= 11 is 0. The van der Waals surface area contributed by atoms with E-state index in [2.05, 4.69) is 9.88 Å². The van der Waals surface area contributed by atoms with E-state index >= 15 is 0 Å². The second kappa shape index (κ2) is 7.04. The molecular formula is C20H29N3O2. The van der Waals surface area contributed by atoms with Gasteiger partial charge < -0.3 is 14.5 Å². The fourth-order valence-electron chi connectivity index (χ4n) is 4.78. The first-order valence-electron chi connectivity index (χ1n) is 9.67. The van der Waals surface area contributed by atoms with Crippen LogP contribution >= 0.6 is 0 Å². The van der Waals surface area contributed by atoms with E-state index in [0.29, 0.717) is 18.4 Å². The number of rotatable bonds is 4. The summed E-state index contributed by atoms with van der Waals surface area (Å²) in [6, 6.07) is 6.06. The molecule has 0 N–H and O–H groups in total. The fourth-order valence-corrected chi connectivity index (χ4v) is 4.78. The number of carbonyl (C=O) groups excluding carboxylic acids is 1. The summed E-state index contributed by atoms with van der Waals surface area (Å²) in [6.07, 6.45) is 4.34. The quantitative estimate of drug-likeness (QED) is 0.841. The third-order valence-corrected chi connectivity index (χ3v) is 6.10. The molecule has 2 atom stereocenters.